The number of benzene rings is 2. The quantitative estimate of drug-likeness (QED) is 0.557. The zero-order valence-corrected chi connectivity index (χ0v) is 14.7. The van der Waals surface area contributed by atoms with E-state index in [0.717, 1.165) is 31.0 Å². The van der Waals surface area contributed by atoms with E-state index < -0.39 is 22.6 Å². The Morgan fingerprint density at radius 3 is 2.63 bits per heavy atom. The summed E-state index contributed by atoms with van der Waals surface area (Å²) in [5, 5.41) is 17.1. The minimum Gasteiger partial charge on any atom is -0.373 e. The summed E-state index contributed by atoms with van der Waals surface area (Å²) in [5.41, 5.74) is 0.110. The van der Waals surface area contributed by atoms with Gasteiger partial charge in [0.15, 0.2) is 0 Å². The van der Waals surface area contributed by atoms with Crippen molar-refractivity contribution in [2.45, 2.75) is 38.3 Å². The molecule has 1 fully saturated rings. The van der Waals surface area contributed by atoms with Crippen LogP contribution in [-0.2, 0) is 0 Å². The summed E-state index contributed by atoms with van der Waals surface area (Å²) in [6.07, 6.45) is 2.19. The molecule has 1 amide bonds. The SMILES string of the molecule is CCC(Nc1ccc(C(=O)NC2CC2)cc1[N+](=O)[O-])c1cc(F)ccc1F. The highest BCUT2D eigenvalue weighted by Crippen LogP contribution is 2.32. The van der Waals surface area contributed by atoms with Gasteiger partial charge in [0.2, 0.25) is 0 Å². The van der Waals surface area contributed by atoms with Crippen LogP contribution in [0.5, 0.6) is 0 Å². The topological polar surface area (TPSA) is 84.3 Å². The first-order chi connectivity index (χ1) is 12.9. The molecule has 2 aromatic rings. The number of anilines is 1. The molecule has 142 valence electrons. The number of nitro benzene ring substituents is 1. The predicted octanol–water partition coefficient (Wildman–Crippen LogP) is 4.33. The van der Waals surface area contributed by atoms with Gasteiger partial charge in [-0.1, -0.05) is 6.92 Å². The van der Waals surface area contributed by atoms with Crippen LogP contribution < -0.4 is 10.6 Å². The molecule has 0 heterocycles. The van der Waals surface area contributed by atoms with E-state index >= 15 is 0 Å². The maximum atomic E-state index is 14.1. The lowest BCUT2D eigenvalue weighted by molar-refractivity contribution is -0.384. The number of nitrogens with zero attached hydrogens (tertiary/aromatic N) is 1. The summed E-state index contributed by atoms with van der Waals surface area (Å²) < 4.78 is 27.6. The lowest BCUT2D eigenvalue weighted by Gasteiger charge is -2.19. The Hall–Kier alpha value is -3.03. The molecule has 2 aromatic carbocycles. The fourth-order valence-electron chi connectivity index (χ4n) is 2.81. The number of hydrogen-bond donors (Lipinski definition) is 2. The fraction of sp³-hybridized carbons (Fsp3) is 0.316. The molecule has 1 unspecified atom stereocenters. The van der Waals surface area contributed by atoms with Crippen molar-refractivity contribution in [2.75, 3.05) is 5.32 Å². The van der Waals surface area contributed by atoms with Gasteiger partial charge in [-0.25, -0.2) is 8.78 Å². The average molecular weight is 375 g/mol. The average Bonchev–Trinajstić information content (AvgIpc) is 3.45. The molecular weight excluding hydrogens is 356 g/mol. The van der Waals surface area contributed by atoms with Gasteiger partial charge in [0.1, 0.15) is 17.3 Å². The van der Waals surface area contributed by atoms with Crippen LogP contribution in [0, 0.1) is 21.7 Å². The van der Waals surface area contributed by atoms with Gasteiger partial charge in [0.05, 0.1) is 11.0 Å². The molecule has 0 spiro atoms. The Bertz CT molecular complexity index is 884. The number of amides is 1. The molecule has 3 rings (SSSR count). The van der Waals surface area contributed by atoms with Crippen molar-refractivity contribution in [3.63, 3.8) is 0 Å². The molecule has 0 bridgehead atoms. The van der Waals surface area contributed by atoms with Crippen LogP contribution in [0.15, 0.2) is 36.4 Å². The van der Waals surface area contributed by atoms with Crippen LogP contribution >= 0.6 is 0 Å². The third-order valence-electron chi connectivity index (χ3n) is 4.44. The van der Waals surface area contributed by atoms with E-state index in [2.05, 4.69) is 10.6 Å². The van der Waals surface area contributed by atoms with Gasteiger partial charge in [0.25, 0.3) is 11.6 Å². The second-order valence-electron chi connectivity index (χ2n) is 6.51. The molecule has 0 aliphatic heterocycles. The zero-order valence-electron chi connectivity index (χ0n) is 14.7. The summed E-state index contributed by atoms with van der Waals surface area (Å²) in [4.78, 5) is 23.0. The molecule has 1 saturated carbocycles. The standard InChI is InChI=1S/C19H19F2N3O3/c1-2-16(14-10-12(20)4-7-15(14)21)23-17-8-3-11(9-18(17)24(26)27)19(25)22-13-5-6-13/h3-4,7-10,13,16,23H,2,5-6H2,1H3,(H,22,25). The van der Waals surface area contributed by atoms with Crippen molar-refractivity contribution in [1.29, 1.82) is 0 Å². The van der Waals surface area contributed by atoms with Gasteiger partial charge in [-0.05, 0) is 49.6 Å². The zero-order chi connectivity index (χ0) is 19.6. The van der Waals surface area contributed by atoms with Crippen molar-refractivity contribution in [3.8, 4) is 0 Å². The van der Waals surface area contributed by atoms with E-state index in [1.807, 2.05) is 0 Å². The molecule has 0 aromatic heterocycles. The summed E-state index contributed by atoms with van der Waals surface area (Å²) >= 11 is 0. The third kappa shape index (κ3) is 4.39. The first-order valence-corrected chi connectivity index (χ1v) is 8.69. The molecule has 1 aliphatic carbocycles. The molecule has 1 aliphatic rings. The minimum absolute atomic E-state index is 0.0855. The van der Waals surface area contributed by atoms with E-state index in [1.54, 1.807) is 6.92 Å². The van der Waals surface area contributed by atoms with E-state index in [4.69, 9.17) is 0 Å². The number of rotatable bonds is 7. The smallest absolute Gasteiger partial charge is 0.293 e. The number of halogens is 2. The van der Waals surface area contributed by atoms with Crippen LogP contribution in [0.2, 0.25) is 0 Å². The highest BCUT2D eigenvalue weighted by Gasteiger charge is 2.26. The Kier molecular flexibility index (Phi) is 5.34. The third-order valence-corrected chi connectivity index (χ3v) is 4.44. The molecule has 1 atom stereocenters. The predicted molar refractivity (Wildman–Crippen MR) is 96.6 cm³/mol. The van der Waals surface area contributed by atoms with Gasteiger partial charge >= 0.3 is 0 Å². The summed E-state index contributed by atoms with van der Waals surface area (Å²) in [5.74, 6) is -1.55. The molecule has 27 heavy (non-hydrogen) atoms. The Labute approximate surface area is 154 Å². The first-order valence-electron chi connectivity index (χ1n) is 8.69. The molecular formula is C19H19F2N3O3. The molecule has 6 nitrogen and oxygen atoms in total. The maximum absolute atomic E-state index is 14.1. The molecule has 8 heteroatoms. The molecule has 0 radical (unpaired) electrons. The van der Waals surface area contributed by atoms with E-state index in [0.29, 0.717) is 6.42 Å². The number of hydrogen-bond acceptors (Lipinski definition) is 4. The highest BCUT2D eigenvalue weighted by molar-refractivity contribution is 5.96. The fourth-order valence-corrected chi connectivity index (χ4v) is 2.81. The summed E-state index contributed by atoms with van der Waals surface area (Å²) in [6.45, 7) is 1.76. The number of carbonyl (C=O) groups excluding carboxylic acids is 1. The summed E-state index contributed by atoms with van der Waals surface area (Å²) in [7, 11) is 0. The van der Waals surface area contributed by atoms with Crippen molar-refractivity contribution in [2.24, 2.45) is 0 Å². The van der Waals surface area contributed by atoms with Crippen LogP contribution in [0.4, 0.5) is 20.2 Å². The van der Waals surface area contributed by atoms with Gasteiger partial charge in [0, 0.05) is 23.2 Å². The number of carbonyl (C=O) groups is 1. The van der Waals surface area contributed by atoms with Crippen molar-refractivity contribution >= 4 is 17.3 Å². The van der Waals surface area contributed by atoms with Crippen molar-refractivity contribution < 1.29 is 18.5 Å². The van der Waals surface area contributed by atoms with Gasteiger partial charge < -0.3 is 10.6 Å². The van der Waals surface area contributed by atoms with Crippen molar-refractivity contribution in [3.05, 3.63) is 69.3 Å². The van der Waals surface area contributed by atoms with E-state index in [1.165, 1.54) is 18.2 Å². The minimum atomic E-state index is -0.662. The lowest BCUT2D eigenvalue weighted by Crippen LogP contribution is -2.25. The van der Waals surface area contributed by atoms with E-state index in [-0.39, 0.29) is 34.5 Å². The van der Waals surface area contributed by atoms with Crippen LogP contribution in [0.25, 0.3) is 0 Å². The normalized spacial score (nSPS) is 14.5. The molecule has 2 N–H and O–H groups in total. The van der Waals surface area contributed by atoms with Gasteiger partial charge in [-0.2, -0.15) is 0 Å². The van der Waals surface area contributed by atoms with Crippen LogP contribution in [0.3, 0.4) is 0 Å². The largest absolute Gasteiger partial charge is 0.373 e. The Morgan fingerprint density at radius 2 is 2.00 bits per heavy atom. The first kappa shape index (κ1) is 18.8. The second kappa shape index (κ2) is 7.69. The monoisotopic (exact) mass is 375 g/mol. The molecule has 0 saturated heterocycles. The Morgan fingerprint density at radius 1 is 1.26 bits per heavy atom. The van der Waals surface area contributed by atoms with Gasteiger partial charge in [-0.3, -0.25) is 14.9 Å². The number of nitrogens with one attached hydrogen (secondary N) is 2. The van der Waals surface area contributed by atoms with E-state index in [9.17, 15) is 23.7 Å². The second-order valence-corrected chi connectivity index (χ2v) is 6.51. The van der Waals surface area contributed by atoms with Crippen molar-refractivity contribution in [1.82, 2.24) is 5.32 Å². The number of nitro groups is 1. The van der Waals surface area contributed by atoms with Crippen LogP contribution in [-0.4, -0.2) is 16.9 Å². The van der Waals surface area contributed by atoms with Crippen LogP contribution in [0.1, 0.15) is 48.1 Å². The van der Waals surface area contributed by atoms with Gasteiger partial charge in [-0.15, -0.1) is 0 Å². The highest BCUT2D eigenvalue weighted by atomic mass is 19.1. The lowest BCUT2D eigenvalue weighted by atomic mass is 10.0. The summed E-state index contributed by atoms with van der Waals surface area (Å²) in [6, 6.07) is 6.66. The maximum Gasteiger partial charge on any atom is 0.293 e. The Balaban J connectivity index is 1.89.